The fourth-order valence-electron chi connectivity index (χ4n) is 1.36. The van der Waals surface area contributed by atoms with E-state index in [1.807, 2.05) is 0 Å². The van der Waals surface area contributed by atoms with Gasteiger partial charge in [0.25, 0.3) is 5.56 Å². The van der Waals surface area contributed by atoms with E-state index in [0.717, 1.165) is 0 Å². The third-order valence-electron chi connectivity index (χ3n) is 2.14. The van der Waals surface area contributed by atoms with Gasteiger partial charge in [-0.25, -0.2) is 9.37 Å². The molecule has 0 saturated heterocycles. The minimum absolute atomic E-state index is 0.0580. The van der Waals surface area contributed by atoms with Crippen LogP contribution in [-0.4, -0.2) is 17.1 Å². The number of methoxy groups -OCH3 is 1. The first-order chi connectivity index (χ1) is 7.72. The number of nitrogens with zero attached hydrogens (tertiary/aromatic N) is 1. The van der Waals surface area contributed by atoms with E-state index in [1.165, 1.54) is 31.6 Å². The van der Waals surface area contributed by atoms with Gasteiger partial charge in [0.05, 0.1) is 7.11 Å². The monoisotopic (exact) mass is 220 g/mol. The molecule has 4 nitrogen and oxygen atoms in total. The third kappa shape index (κ3) is 1.79. The average molecular weight is 220 g/mol. The van der Waals surface area contributed by atoms with Gasteiger partial charge in [-0.05, 0) is 12.1 Å². The molecule has 0 atom stereocenters. The van der Waals surface area contributed by atoms with E-state index in [4.69, 9.17) is 4.74 Å². The predicted octanol–water partition coefficient (Wildman–Crippen LogP) is 1.58. The lowest BCUT2D eigenvalue weighted by molar-refractivity contribution is 0.411. The molecule has 0 aliphatic carbocycles. The van der Waals surface area contributed by atoms with Crippen molar-refractivity contribution in [1.29, 1.82) is 0 Å². The van der Waals surface area contributed by atoms with E-state index in [2.05, 4.69) is 9.97 Å². The van der Waals surface area contributed by atoms with Crippen molar-refractivity contribution in [2.45, 2.75) is 0 Å². The number of aromatic amines is 1. The Balaban J connectivity index is 2.57. The van der Waals surface area contributed by atoms with Crippen LogP contribution in [0.1, 0.15) is 0 Å². The lowest BCUT2D eigenvalue weighted by atomic mass is 10.1. The van der Waals surface area contributed by atoms with Crippen LogP contribution in [-0.2, 0) is 0 Å². The lowest BCUT2D eigenvalue weighted by Gasteiger charge is -2.03. The van der Waals surface area contributed by atoms with Crippen LogP contribution in [0.2, 0.25) is 0 Å². The summed E-state index contributed by atoms with van der Waals surface area (Å²) in [5.41, 5.74) is -0.211. The highest BCUT2D eigenvalue weighted by Gasteiger charge is 2.10. The molecule has 5 heteroatoms. The molecule has 1 heterocycles. The molecule has 0 bridgehead atoms. The lowest BCUT2D eigenvalue weighted by Crippen LogP contribution is -2.10. The summed E-state index contributed by atoms with van der Waals surface area (Å²) in [5.74, 6) is -0.142. The van der Waals surface area contributed by atoms with Crippen molar-refractivity contribution in [2.24, 2.45) is 0 Å². The number of benzene rings is 1. The molecular formula is C11H9FN2O2. The Labute approximate surface area is 90.7 Å². The number of ether oxygens (including phenoxy) is 1. The molecule has 0 aliphatic rings. The highest BCUT2D eigenvalue weighted by Crippen LogP contribution is 2.22. The number of nitrogens with one attached hydrogen (secondary N) is 1. The fourth-order valence-corrected chi connectivity index (χ4v) is 1.36. The summed E-state index contributed by atoms with van der Waals surface area (Å²) in [7, 11) is 1.45. The van der Waals surface area contributed by atoms with Gasteiger partial charge in [-0.15, -0.1) is 0 Å². The van der Waals surface area contributed by atoms with Crippen molar-refractivity contribution >= 4 is 0 Å². The summed E-state index contributed by atoms with van der Waals surface area (Å²) >= 11 is 0. The van der Waals surface area contributed by atoms with E-state index in [-0.39, 0.29) is 11.3 Å². The van der Waals surface area contributed by atoms with Gasteiger partial charge in [-0.1, -0.05) is 0 Å². The molecule has 2 aromatic rings. The summed E-state index contributed by atoms with van der Waals surface area (Å²) in [4.78, 5) is 17.7. The number of hydrogen-bond donors (Lipinski definition) is 1. The maximum atomic E-state index is 13.6. The fraction of sp³-hybridized carbons (Fsp3) is 0.0909. The number of halogens is 1. The summed E-state index contributed by atoms with van der Waals surface area (Å²) in [6.45, 7) is 0. The third-order valence-corrected chi connectivity index (χ3v) is 2.14. The smallest absolute Gasteiger partial charge is 0.274 e. The van der Waals surface area contributed by atoms with Crippen molar-refractivity contribution in [3.63, 3.8) is 0 Å². The Morgan fingerprint density at radius 2 is 2.25 bits per heavy atom. The van der Waals surface area contributed by atoms with Gasteiger partial charge < -0.3 is 9.72 Å². The van der Waals surface area contributed by atoms with Crippen LogP contribution >= 0.6 is 0 Å². The second-order valence-electron chi connectivity index (χ2n) is 3.11. The zero-order valence-electron chi connectivity index (χ0n) is 8.53. The van der Waals surface area contributed by atoms with Crippen molar-refractivity contribution in [3.8, 4) is 17.0 Å². The van der Waals surface area contributed by atoms with Crippen molar-refractivity contribution in [3.05, 3.63) is 46.8 Å². The SMILES string of the molecule is COc1ccc(-c2ncc[nH]c2=O)c(F)c1. The molecule has 0 radical (unpaired) electrons. The molecule has 0 aliphatic heterocycles. The molecule has 16 heavy (non-hydrogen) atoms. The van der Waals surface area contributed by atoms with Crippen LogP contribution in [0.5, 0.6) is 5.75 Å². The normalized spacial score (nSPS) is 10.1. The first kappa shape index (κ1) is 10.4. The largest absolute Gasteiger partial charge is 0.497 e. The molecule has 82 valence electrons. The first-order valence-electron chi connectivity index (χ1n) is 4.60. The Kier molecular flexibility index (Phi) is 2.68. The second kappa shape index (κ2) is 4.14. The number of hydrogen-bond acceptors (Lipinski definition) is 3. The summed E-state index contributed by atoms with van der Waals surface area (Å²) in [5, 5.41) is 0. The Bertz CT molecular complexity index is 566. The van der Waals surface area contributed by atoms with Crippen LogP contribution in [0, 0.1) is 5.82 Å². The highest BCUT2D eigenvalue weighted by molar-refractivity contribution is 5.59. The van der Waals surface area contributed by atoms with Crippen molar-refractivity contribution < 1.29 is 9.13 Å². The second-order valence-corrected chi connectivity index (χ2v) is 3.11. The van der Waals surface area contributed by atoms with Crippen LogP contribution in [0.3, 0.4) is 0 Å². The molecule has 0 amide bonds. The molecule has 2 rings (SSSR count). The predicted molar refractivity (Wildman–Crippen MR) is 56.8 cm³/mol. The number of aromatic nitrogens is 2. The zero-order chi connectivity index (χ0) is 11.5. The van der Waals surface area contributed by atoms with Crippen molar-refractivity contribution in [1.82, 2.24) is 9.97 Å². The molecule has 0 saturated carbocycles. The van der Waals surface area contributed by atoms with Gasteiger partial charge in [-0.3, -0.25) is 4.79 Å². The first-order valence-corrected chi connectivity index (χ1v) is 4.60. The van der Waals surface area contributed by atoms with Crippen LogP contribution in [0.15, 0.2) is 35.4 Å². The van der Waals surface area contributed by atoms with Gasteiger partial charge in [0.2, 0.25) is 0 Å². The molecular weight excluding hydrogens is 211 g/mol. The van der Waals surface area contributed by atoms with Gasteiger partial charge >= 0.3 is 0 Å². The molecule has 0 unspecified atom stereocenters. The van der Waals surface area contributed by atoms with E-state index < -0.39 is 11.4 Å². The standard InChI is InChI=1S/C11H9FN2O2/c1-16-7-2-3-8(9(12)6-7)10-11(15)14-5-4-13-10/h2-6H,1H3,(H,14,15). The summed E-state index contributed by atoms with van der Waals surface area (Å²) in [6.07, 6.45) is 2.80. The molecule has 1 N–H and O–H groups in total. The Morgan fingerprint density at radius 3 is 2.88 bits per heavy atom. The molecule has 1 aromatic heterocycles. The maximum absolute atomic E-state index is 13.6. The van der Waals surface area contributed by atoms with Gasteiger partial charge in [0.15, 0.2) is 0 Å². The van der Waals surface area contributed by atoms with E-state index in [9.17, 15) is 9.18 Å². The number of rotatable bonds is 2. The van der Waals surface area contributed by atoms with Gasteiger partial charge in [0, 0.05) is 24.0 Å². The molecule has 0 fully saturated rings. The van der Waals surface area contributed by atoms with Crippen LogP contribution < -0.4 is 10.3 Å². The minimum atomic E-state index is -0.538. The molecule has 0 spiro atoms. The van der Waals surface area contributed by atoms with E-state index >= 15 is 0 Å². The quantitative estimate of drug-likeness (QED) is 0.836. The van der Waals surface area contributed by atoms with Gasteiger partial charge in [0.1, 0.15) is 17.3 Å². The number of H-pyrrole nitrogens is 1. The maximum Gasteiger partial charge on any atom is 0.274 e. The zero-order valence-corrected chi connectivity index (χ0v) is 8.53. The van der Waals surface area contributed by atoms with E-state index in [1.54, 1.807) is 6.07 Å². The Morgan fingerprint density at radius 1 is 1.44 bits per heavy atom. The highest BCUT2D eigenvalue weighted by atomic mass is 19.1. The average Bonchev–Trinajstić information content (AvgIpc) is 2.30. The summed E-state index contributed by atoms with van der Waals surface area (Å²) < 4.78 is 18.5. The minimum Gasteiger partial charge on any atom is -0.497 e. The van der Waals surface area contributed by atoms with E-state index in [0.29, 0.717) is 5.75 Å². The molecule has 1 aromatic carbocycles. The topological polar surface area (TPSA) is 55.0 Å². The summed E-state index contributed by atoms with van der Waals surface area (Å²) in [6, 6.07) is 4.25. The Hall–Kier alpha value is -2.17. The van der Waals surface area contributed by atoms with Gasteiger partial charge in [-0.2, -0.15) is 0 Å². The van der Waals surface area contributed by atoms with Crippen LogP contribution in [0.4, 0.5) is 4.39 Å². The van der Waals surface area contributed by atoms with Crippen molar-refractivity contribution in [2.75, 3.05) is 7.11 Å². The van der Waals surface area contributed by atoms with Crippen LogP contribution in [0.25, 0.3) is 11.3 Å².